The van der Waals surface area contributed by atoms with Gasteiger partial charge in [0.25, 0.3) is 5.91 Å². The molecular formula is C20H30N4O3S. The van der Waals surface area contributed by atoms with E-state index in [1.54, 1.807) is 6.07 Å². The van der Waals surface area contributed by atoms with Gasteiger partial charge in [-0.25, -0.2) is 18.1 Å². The van der Waals surface area contributed by atoms with E-state index in [1.807, 2.05) is 24.0 Å². The smallest absolute Gasteiger partial charge is 0.272 e. The zero-order chi connectivity index (χ0) is 19.9. The molecule has 154 valence electrons. The third kappa shape index (κ3) is 4.09. The Morgan fingerprint density at radius 2 is 2.04 bits per heavy atom. The fraction of sp³-hybridized carbons (Fsp3) is 0.700. The second-order valence-corrected chi connectivity index (χ2v) is 10.5. The molecule has 2 bridgehead atoms. The molecule has 3 saturated heterocycles. The summed E-state index contributed by atoms with van der Waals surface area (Å²) in [6.07, 6.45) is 5.80. The Labute approximate surface area is 167 Å². The number of pyridine rings is 1. The molecule has 0 saturated carbocycles. The van der Waals surface area contributed by atoms with Gasteiger partial charge in [0.1, 0.15) is 5.69 Å². The summed E-state index contributed by atoms with van der Waals surface area (Å²) < 4.78 is 26.1. The van der Waals surface area contributed by atoms with Crippen molar-refractivity contribution >= 4 is 15.9 Å². The number of aromatic nitrogens is 1. The third-order valence-corrected chi connectivity index (χ3v) is 7.26. The number of nitrogens with zero attached hydrogens (tertiary/aromatic N) is 3. The maximum Gasteiger partial charge on any atom is 0.272 e. The number of likely N-dealkylation sites (tertiary alicyclic amines) is 1. The Kier molecular flexibility index (Phi) is 5.46. The van der Waals surface area contributed by atoms with Gasteiger partial charge in [-0.3, -0.25) is 9.69 Å². The van der Waals surface area contributed by atoms with Gasteiger partial charge in [0.15, 0.2) is 0 Å². The Balaban J connectivity index is 1.56. The SMILES string of the molecule is Cc1cccc(C(=O)N2C[C@H]3C[C@@H](C2)[C@H](CNS(C)(=O)=O)N2CCCC[C@@H]32)n1. The molecule has 4 rings (SSSR count). The van der Waals surface area contributed by atoms with Crippen LogP contribution in [0.1, 0.15) is 41.9 Å². The fourth-order valence-electron chi connectivity index (χ4n) is 5.42. The second kappa shape index (κ2) is 7.72. The maximum absolute atomic E-state index is 13.1. The van der Waals surface area contributed by atoms with Gasteiger partial charge < -0.3 is 4.90 Å². The first kappa shape index (κ1) is 19.8. The molecule has 7 nitrogen and oxygen atoms in total. The molecule has 0 radical (unpaired) electrons. The number of nitrogens with one attached hydrogen (secondary N) is 1. The predicted octanol–water partition coefficient (Wildman–Crippen LogP) is 1.25. The third-order valence-electron chi connectivity index (χ3n) is 6.57. The molecule has 1 aromatic rings. The van der Waals surface area contributed by atoms with Crippen molar-refractivity contribution in [2.45, 2.75) is 44.7 Å². The molecule has 3 fully saturated rings. The number of aryl methyl sites for hydroxylation is 1. The topological polar surface area (TPSA) is 82.6 Å². The first-order valence-electron chi connectivity index (χ1n) is 10.2. The number of amides is 1. The van der Waals surface area contributed by atoms with Crippen molar-refractivity contribution in [1.82, 2.24) is 19.5 Å². The minimum atomic E-state index is -3.23. The minimum absolute atomic E-state index is 0.00233. The molecule has 0 aliphatic carbocycles. The fourth-order valence-corrected chi connectivity index (χ4v) is 5.89. The van der Waals surface area contributed by atoms with Crippen molar-refractivity contribution in [2.75, 3.05) is 32.4 Å². The Morgan fingerprint density at radius 3 is 2.79 bits per heavy atom. The number of carbonyl (C=O) groups excluding carboxylic acids is 1. The van der Waals surface area contributed by atoms with E-state index < -0.39 is 10.0 Å². The predicted molar refractivity (Wildman–Crippen MR) is 107 cm³/mol. The summed E-state index contributed by atoms with van der Waals surface area (Å²) in [5.74, 6) is 0.746. The van der Waals surface area contributed by atoms with E-state index in [0.29, 0.717) is 30.7 Å². The van der Waals surface area contributed by atoms with Gasteiger partial charge in [-0.15, -0.1) is 0 Å². The maximum atomic E-state index is 13.1. The van der Waals surface area contributed by atoms with Crippen LogP contribution in [0, 0.1) is 18.8 Å². The lowest BCUT2D eigenvalue weighted by molar-refractivity contribution is -0.0623. The van der Waals surface area contributed by atoms with Crippen molar-refractivity contribution in [1.29, 1.82) is 0 Å². The van der Waals surface area contributed by atoms with E-state index in [9.17, 15) is 13.2 Å². The van der Waals surface area contributed by atoms with Crippen LogP contribution in [0.5, 0.6) is 0 Å². The van der Waals surface area contributed by atoms with Crippen LogP contribution in [0.15, 0.2) is 18.2 Å². The van der Waals surface area contributed by atoms with Crippen LogP contribution in [0.3, 0.4) is 0 Å². The van der Waals surface area contributed by atoms with Crippen LogP contribution in [0.2, 0.25) is 0 Å². The molecule has 3 aliphatic heterocycles. The van der Waals surface area contributed by atoms with E-state index in [4.69, 9.17) is 0 Å². The molecule has 8 heteroatoms. The Morgan fingerprint density at radius 1 is 1.25 bits per heavy atom. The van der Waals surface area contributed by atoms with Crippen LogP contribution in [0.4, 0.5) is 0 Å². The quantitative estimate of drug-likeness (QED) is 0.814. The van der Waals surface area contributed by atoms with Crippen LogP contribution >= 0.6 is 0 Å². The Bertz CT molecular complexity index is 844. The molecule has 0 unspecified atom stereocenters. The minimum Gasteiger partial charge on any atom is -0.337 e. The van der Waals surface area contributed by atoms with Gasteiger partial charge in [-0.2, -0.15) is 0 Å². The molecule has 4 heterocycles. The van der Waals surface area contributed by atoms with Crippen LogP contribution in [-0.4, -0.2) is 73.6 Å². The largest absolute Gasteiger partial charge is 0.337 e. The normalized spacial score (nSPS) is 30.7. The van der Waals surface area contributed by atoms with Gasteiger partial charge in [0, 0.05) is 37.4 Å². The summed E-state index contributed by atoms with van der Waals surface area (Å²) in [5.41, 5.74) is 1.35. The van der Waals surface area contributed by atoms with Crippen molar-refractivity contribution in [3.8, 4) is 0 Å². The van der Waals surface area contributed by atoms with E-state index >= 15 is 0 Å². The molecule has 0 aromatic carbocycles. The number of hydrogen-bond donors (Lipinski definition) is 1. The van der Waals surface area contributed by atoms with E-state index in [2.05, 4.69) is 14.6 Å². The van der Waals surface area contributed by atoms with Gasteiger partial charge >= 0.3 is 0 Å². The summed E-state index contributed by atoms with van der Waals surface area (Å²) in [5, 5.41) is 0. The molecule has 4 atom stereocenters. The standard InChI is InChI=1S/C20H30N4O3S/c1-14-6-5-7-17(22-14)20(25)23-12-15-10-16(13-23)19(11-21-28(2,26)27)24-9-4-3-8-18(15)24/h5-7,15-16,18-19,21H,3-4,8-13H2,1-2H3/t15-,16+,18+,19+/m1/s1. The van der Waals surface area contributed by atoms with Gasteiger partial charge in [0.05, 0.1) is 6.26 Å². The molecule has 0 spiro atoms. The summed E-state index contributed by atoms with van der Waals surface area (Å²) in [4.78, 5) is 22.0. The first-order chi connectivity index (χ1) is 13.3. The average molecular weight is 407 g/mol. The van der Waals surface area contributed by atoms with Gasteiger partial charge in [-0.05, 0) is 56.7 Å². The molecule has 3 aliphatic rings. The van der Waals surface area contributed by atoms with Crippen molar-refractivity contribution in [3.63, 3.8) is 0 Å². The van der Waals surface area contributed by atoms with Gasteiger partial charge in [0.2, 0.25) is 10.0 Å². The van der Waals surface area contributed by atoms with Crippen molar-refractivity contribution in [3.05, 3.63) is 29.6 Å². The highest BCUT2D eigenvalue weighted by Crippen LogP contribution is 2.41. The van der Waals surface area contributed by atoms with E-state index in [1.165, 1.54) is 19.1 Å². The summed E-state index contributed by atoms with van der Waals surface area (Å²) in [7, 11) is -3.23. The number of rotatable bonds is 4. The molecule has 1 N–H and O–H groups in total. The summed E-state index contributed by atoms with van der Waals surface area (Å²) in [6, 6.07) is 6.15. The lowest BCUT2D eigenvalue weighted by atomic mass is 9.72. The number of sulfonamides is 1. The lowest BCUT2D eigenvalue weighted by Gasteiger charge is -2.56. The van der Waals surface area contributed by atoms with Gasteiger partial charge in [-0.1, -0.05) is 12.5 Å². The lowest BCUT2D eigenvalue weighted by Crippen LogP contribution is -2.66. The van der Waals surface area contributed by atoms with Crippen molar-refractivity contribution in [2.24, 2.45) is 11.8 Å². The number of piperidine rings is 3. The van der Waals surface area contributed by atoms with E-state index in [-0.39, 0.29) is 17.9 Å². The van der Waals surface area contributed by atoms with Crippen molar-refractivity contribution < 1.29 is 13.2 Å². The molecule has 28 heavy (non-hydrogen) atoms. The zero-order valence-electron chi connectivity index (χ0n) is 16.7. The van der Waals surface area contributed by atoms with Crippen LogP contribution in [0.25, 0.3) is 0 Å². The number of fused-ring (bicyclic) bond motifs is 4. The monoisotopic (exact) mass is 406 g/mol. The Hall–Kier alpha value is -1.51. The molecule has 1 amide bonds. The summed E-state index contributed by atoms with van der Waals surface area (Å²) in [6.45, 7) is 4.80. The molecule has 1 aromatic heterocycles. The highest BCUT2D eigenvalue weighted by molar-refractivity contribution is 7.88. The second-order valence-electron chi connectivity index (χ2n) is 8.62. The highest BCUT2D eigenvalue weighted by Gasteiger charge is 2.48. The highest BCUT2D eigenvalue weighted by atomic mass is 32.2. The van der Waals surface area contributed by atoms with Crippen LogP contribution < -0.4 is 4.72 Å². The zero-order valence-corrected chi connectivity index (χ0v) is 17.5. The van der Waals surface area contributed by atoms with Crippen LogP contribution in [-0.2, 0) is 10.0 Å². The average Bonchev–Trinajstić information content (AvgIpc) is 2.66. The number of hydrogen-bond acceptors (Lipinski definition) is 5. The molecular weight excluding hydrogens is 376 g/mol. The summed E-state index contributed by atoms with van der Waals surface area (Å²) >= 11 is 0. The number of carbonyl (C=O) groups is 1. The van der Waals surface area contributed by atoms with E-state index in [0.717, 1.165) is 31.6 Å². The first-order valence-corrected chi connectivity index (χ1v) is 12.1.